The van der Waals surface area contributed by atoms with Crippen molar-refractivity contribution in [2.75, 3.05) is 26.7 Å². The molecule has 0 aliphatic rings. The molecule has 0 aliphatic carbocycles. The Labute approximate surface area is 75.8 Å². The van der Waals surface area contributed by atoms with Crippen molar-refractivity contribution in [1.82, 2.24) is 10.2 Å². The van der Waals surface area contributed by atoms with Crippen LogP contribution in [0, 0.1) is 0 Å². The second-order valence-corrected chi connectivity index (χ2v) is 3.62. The molecular weight excluding hydrogens is 152 g/mol. The average Bonchev–Trinajstić information content (AvgIpc) is 2.02. The van der Waals surface area contributed by atoms with E-state index >= 15 is 0 Å². The zero-order valence-electron chi connectivity index (χ0n) is 8.67. The molecule has 12 heavy (non-hydrogen) atoms. The van der Waals surface area contributed by atoms with Gasteiger partial charge >= 0.3 is 0 Å². The van der Waals surface area contributed by atoms with Crippen molar-refractivity contribution < 1.29 is 5.11 Å². The quantitative estimate of drug-likeness (QED) is 0.608. The van der Waals surface area contributed by atoms with E-state index in [-0.39, 0.29) is 12.6 Å². The molecule has 2 N–H and O–H groups in total. The summed E-state index contributed by atoms with van der Waals surface area (Å²) in [6.45, 7) is 8.50. The van der Waals surface area contributed by atoms with Crippen molar-refractivity contribution in [3.05, 3.63) is 0 Å². The summed E-state index contributed by atoms with van der Waals surface area (Å²) in [5.74, 6) is 0. The Balaban J connectivity index is 3.37. The Morgan fingerprint density at radius 3 is 2.33 bits per heavy atom. The average molecular weight is 174 g/mol. The first kappa shape index (κ1) is 11.9. The normalized spacial score (nSPS) is 14.2. The maximum absolute atomic E-state index is 8.85. The maximum Gasteiger partial charge on any atom is 0.0584 e. The third-order valence-electron chi connectivity index (χ3n) is 2.03. The molecule has 0 bridgehead atoms. The van der Waals surface area contributed by atoms with Crippen LogP contribution in [-0.2, 0) is 0 Å². The van der Waals surface area contributed by atoms with Gasteiger partial charge in [-0.05, 0) is 14.0 Å². The molecule has 0 aromatic rings. The summed E-state index contributed by atoms with van der Waals surface area (Å²) in [4.78, 5) is 2.15. The lowest BCUT2D eigenvalue weighted by molar-refractivity contribution is 0.159. The van der Waals surface area contributed by atoms with Crippen LogP contribution in [0.1, 0.15) is 20.8 Å². The van der Waals surface area contributed by atoms with Gasteiger partial charge in [0.15, 0.2) is 0 Å². The molecule has 0 saturated carbocycles. The van der Waals surface area contributed by atoms with E-state index in [1.165, 1.54) is 0 Å². The fourth-order valence-electron chi connectivity index (χ4n) is 0.889. The fraction of sp³-hybridized carbons (Fsp3) is 1.00. The molecule has 0 saturated heterocycles. The lowest BCUT2D eigenvalue weighted by Crippen LogP contribution is -2.38. The molecule has 0 spiro atoms. The summed E-state index contributed by atoms with van der Waals surface area (Å²) in [7, 11) is 2.03. The number of aliphatic hydroxyl groups excluding tert-OH is 1. The first-order chi connectivity index (χ1) is 5.57. The SMILES string of the molecule is CC(C)NCCN(C)C(C)CO. The number of likely N-dealkylation sites (N-methyl/N-ethyl adjacent to an activating group) is 1. The molecule has 0 aromatic heterocycles. The highest BCUT2D eigenvalue weighted by Crippen LogP contribution is 1.91. The molecule has 0 aromatic carbocycles. The van der Waals surface area contributed by atoms with E-state index in [2.05, 4.69) is 24.1 Å². The van der Waals surface area contributed by atoms with Crippen LogP contribution in [0.15, 0.2) is 0 Å². The molecular formula is C9H22N2O. The van der Waals surface area contributed by atoms with E-state index in [0.717, 1.165) is 13.1 Å². The highest BCUT2D eigenvalue weighted by atomic mass is 16.3. The van der Waals surface area contributed by atoms with Crippen LogP contribution in [0.4, 0.5) is 0 Å². The molecule has 0 aliphatic heterocycles. The first-order valence-electron chi connectivity index (χ1n) is 4.62. The zero-order chi connectivity index (χ0) is 9.56. The van der Waals surface area contributed by atoms with Crippen molar-refractivity contribution >= 4 is 0 Å². The van der Waals surface area contributed by atoms with Gasteiger partial charge in [-0.15, -0.1) is 0 Å². The Bertz CT molecular complexity index is 107. The van der Waals surface area contributed by atoms with E-state index in [0.29, 0.717) is 6.04 Å². The summed E-state index contributed by atoms with van der Waals surface area (Å²) >= 11 is 0. The van der Waals surface area contributed by atoms with Crippen LogP contribution in [0.5, 0.6) is 0 Å². The lowest BCUT2D eigenvalue weighted by Gasteiger charge is -2.23. The molecule has 1 unspecified atom stereocenters. The minimum atomic E-state index is 0.234. The Hall–Kier alpha value is -0.120. The standard InChI is InChI=1S/C9H22N2O/c1-8(2)10-5-6-11(4)9(3)7-12/h8-10,12H,5-7H2,1-4H3. The van der Waals surface area contributed by atoms with Crippen molar-refractivity contribution in [1.29, 1.82) is 0 Å². The van der Waals surface area contributed by atoms with E-state index in [9.17, 15) is 0 Å². The number of rotatable bonds is 6. The van der Waals surface area contributed by atoms with Gasteiger partial charge in [-0.2, -0.15) is 0 Å². The van der Waals surface area contributed by atoms with Crippen LogP contribution in [0.3, 0.4) is 0 Å². The van der Waals surface area contributed by atoms with E-state index in [1.807, 2.05) is 14.0 Å². The lowest BCUT2D eigenvalue weighted by atomic mass is 10.3. The number of hydrogen-bond donors (Lipinski definition) is 2. The Kier molecular flexibility index (Phi) is 6.34. The number of aliphatic hydroxyl groups is 1. The van der Waals surface area contributed by atoms with E-state index in [1.54, 1.807) is 0 Å². The molecule has 1 atom stereocenters. The third-order valence-corrected chi connectivity index (χ3v) is 2.03. The Morgan fingerprint density at radius 2 is 1.92 bits per heavy atom. The first-order valence-corrected chi connectivity index (χ1v) is 4.62. The molecule has 3 heteroatoms. The van der Waals surface area contributed by atoms with Crippen LogP contribution < -0.4 is 5.32 Å². The van der Waals surface area contributed by atoms with Gasteiger partial charge in [0.25, 0.3) is 0 Å². The minimum absolute atomic E-state index is 0.234. The maximum atomic E-state index is 8.85. The van der Waals surface area contributed by atoms with Crippen molar-refractivity contribution in [2.24, 2.45) is 0 Å². The predicted octanol–water partition coefficient (Wildman–Crippen LogP) is 0.297. The third kappa shape index (κ3) is 5.52. The van der Waals surface area contributed by atoms with Crippen LogP contribution in [0.25, 0.3) is 0 Å². The summed E-state index contributed by atoms with van der Waals surface area (Å²) in [5.41, 5.74) is 0. The Morgan fingerprint density at radius 1 is 1.33 bits per heavy atom. The van der Waals surface area contributed by atoms with Crippen LogP contribution >= 0.6 is 0 Å². The topological polar surface area (TPSA) is 35.5 Å². The molecule has 0 fully saturated rings. The molecule has 74 valence electrons. The molecule has 0 rings (SSSR count). The van der Waals surface area contributed by atoms with E-state index in [4.69, 9.17) is 5.11 Å². The summed E-state index contributed by atoms with van der Waals surface area (Å²) in [6.07, 6.45) is 0. The van der Waals surface area contributed by atoms with Crippen LogP contribution in [0.2, 0.25) is 0 Å². The van der Waals surface area contributed by atoms with Crippen molar-refractivity contribution in [2.45, 2.75) is 32.9 Å². The predicted molar refractivity (Wildman–Crippen MR) is 52.3 cm³/mol. The molecule has 0 amide bonds. The summed E-state index contributed by atoms with van der Waals surface area (Å²) in [5, 5.41) is 12.2. The molecule has 0 heterocycles. The smallest absolute Gasteiger partial charge is 0.0584 e. The van der Waals surface area contributed by atoms with E-state index < -0.39 is 0 Å². The van der Waals surface area contributed by atoms with Gasteiger partial charge < -0.3 is 15.3 Å². The summed E-state index contributed by atoms with van der Waals surface area (Å²) in [6, 6.07) is 0.807. The number of nitrogens with one attached hydrogen (secondary N) is 1. The largest absolute Gasteiger partial charge is 0.395 e. The number of hydrogen-bond acceptors (Lipinski definition) is 3. The van der Waals surface area contributed by atoms with Gasteiger partial charge in [0.05, 0.1) is 6.61 Å². The van der Waals surface area contributed by atoms with Gasteiger partial charge in [-0.25, -0.2) is 0 Å². The highest BCUT2D eigenvalue weighted by molar-refractivity contribution is 4.63. The monoisotopic (exact) mass is 174 g/mol. The highest BCUT2D eigenvalue weighted by Gasteiger charge is 2.06. The number of nitrogens with zero attached hydrogens (tertiary/aromatic N) is 1. The molecule has 0 radical (unpaired) electrons. The zero-order valence-corrected chi connectivity index (χ0v) is 8.67. The fourth-order valence-corrected chi connectivity index (χ4v) is 0.889. The minimum Gasteiger partial charge on any atom is -0.395 e. The van der Waals surface area contributed by atoms with Crippen LogP contribution in [-0.4, -0.2) is 48.8 Å². The van der Waals surface area contributed by atoms with Gasteiger partial charge in [0.1, 0.15) is 0 Å². The van der Waals surface area contributed by atoms with Gasteiger partial charge in [0, 0.05) is 25.2 Å². The van der Waals surface area contributed by atoms with Crippen molar-refractivity contribution in [3.8, 4) is 0 Å². The van der Waals surface area contributed by atoms with Gasteiger partial charge in [0.2, 0.25) is 0 Å². The van der Waals surface area contributed by atoms with Gasteiger partial charge in [-0.3, -0.25) is 0 Å². The van der Waals surface area contributed by atoms with Crippen molar-refractivity contribution in [3.63, 3.8) is 0 Å². The second-order valence-electron chi connectivity index (χ2n) is 3.62. The second kappa shape index (κ2) is 6.40. The molecule has 3 nitrogen and oxygen atoms in total. The summed E-state index contributed by atoms with van der Waals surface area (Å²) < 4.78 is 0. The van der Waals surface area contributed by atoms with Gasteiger partial charge in [-0.1, -0.05) is 13.8 Å².